The Bertz CT molecular complexity index is 685. The molecular formula is C17H17ClN2O2S. The number of likely N-dealkylation sites (tertiary alicyclic amines) is 1. The second-order valence-corrected chi connectivity index (χ2v) is 6.90. The first-order chi connectivity index (χ1) is 11.1. The van der Waals surface area contributed by atoms with Gasteiger partial charge in [-0.3, -0.25) is 9.59 Å². The Morgan fingerprint density at radius 3 is 2.70 bits per heavy atom. The van der Waals surface area contributed by atoms with Gasteiger partial charge in [-0.2, -0.15) is 0 Å². The van der Waals surface area contributed by atoms with E-state index in [1.54, 1.807) is 16.2 Å². The Hall–Kier alpha value is -1.85. The maximum atomic E-state index is 12.4. The van der Waals surface area contributed by atoms with Gasteiger partial charge >= 0.3 is 0 Å². The van der Waals surface area contributed by atoms with Crippen LogP contribution in [0.4, 0.5) is 0 Å². The molecule has 1 fully saturated rings. The highest BCUT2D eigenvalue weighted by Crippen LogP contribution is 2.27. The normalized spacial score (nSPS) is 15.7. The number of amides is 2. The summed E-state index contributed by atoms with van der Waals surface area (Å²) in [6.45, 7) is 0.783. The van der Waals surface area contributed by atoms with E-state index in [2.05, 4.69) is 5.32 Å². The van der Waals surface area contributed by atoms with Crippen LogP contribution in [0.1, 0.15) is 29.3 Å². The molecule has 0 radical (unpaired) electrons. The third-order valence-electron chi connectivity index (χ3n) is 3.84. The number of nitrogens with zero attached hydrogens (tertiary/aromatic N) is 1. The monoisotopic (exact) mass is 348 g/mol. The molecule has 23 heavy (non-hydrogen) atoms. The number of hydrogen-bond donors (Lipinski definition) is 1. The Labute approximate surface area is 144 Å². The first-order valence-electron chi connectivity index (χ1n) is 7.49. The quantitative estimate of drug-likeness (QED) is 0.901. The molecule has 1 N–H and O–H groups in total. The second kappa shape index (κ2) is 7.15. The summed E-state index contributed by atoms with van der Waals surface area (Å²) in [5.74, 6) is -0.0899. The Balaban J connectivity index is 1.75. The van der Waals surface area contributed by atoms with E-state index in [-0.39, 0.29) is 24.4 Å². The van der Waals surface area contributed by atoms with Gasteiger partial charge in [-0.05, 0) is 35.6 Å². The molecule has 1 aromatic heterocycles. The van der Waals surface area contributed by atoms with Gasteiger partial charge in [-0.15, -0.1) is 11.3 Å². The van der Waals surface area contributed by atoms with Crippen molar-refractivity contribution in [1.29, 1.82) is 0 Å². The molecule has 1 saturated heterocycles. The first kappa shape index (κ1) is 16.0. The average Bonchev–Trinajstić information content (AvgIpc) is 3.19. The molecule has 1 aliphatic heterocycles. The van der Waals surface area contributed by atoms with Crippen LogP contribution in [-0.2, 0) is 9.59 Å². The van der Waals surface area contributed by atoms with Crippen molar-refractivity contribution in [2.24, 2.45) is 0 Å². The predicted molar refractivity (Wildman–Crippen MR) is 91.6 cm³/mol. The smallest absolute Gasteiger partial charge is 0.240 e. The lowest BCUT2D eigenvalue weighted by Crippen LogP contribution is -2.39. The first-order valence-corrected chi connectivity index (χ1v) is 8.75. The summed E-state index contributed by atoms with van der Waals surface area (Å²) in [5, 5.41) is 5.68. The van der Waals surface area contributed by atoms with E-state index in [9.17, 15) is 9.59 Å². The van der Waals surface area contributed by atoms with E-state index in [1.165, 1.54) is 0 Å². The molecule has 0 saturated carbocycles. The van der Waals surface area contributed by atoms with Crippen LogP contribution in [0.5, 0.6) is 0 Å². The van der Waals surface area contributed by atoms with Crippen molar-refractivity contribution < 1.29 is 9.59 Å². The fraction of sp³-hybridized carbons (Fsp3) is 0.294. The van der Waals surface area contributed by atoms with Gasteiger partial charge in [-0.25, -0.2) is 0 Å². The van der Waals surface area contributed by atoms with Crippen molar-refractivity contribution in [3.8, 4) is 0 Å². The number of nitrogens with one attached hydrogen (secondary N) is 1. The lowest BCUT2D eigenvalue weighted by atomic mass is 10.1. The minimum absolute atomic E-state index is 0.0549. The van der Waals surface area contributed by atoms with Crippen molar-refractivity contribution in [3.05, 3.63) is 57.2 Å². The van der Waals surface area contributed by atoms with Crippen molar-refractivity contribution in [2.75, 3.05) is 13.1 Å². The van der Waals surface area contributed by atoms with Crippen LogP contribution >= 0.6 is 22.9 Å². The highest BCUT2D eigenvalue weighted by molar-refractivity contribution is 7.10. The molecule has 3 rings (SSSR count). The zero-order chi connectivity index (χ0) is 16.2. The van der Waals surface area contributed by atoms with Crippen molar-refractivity contribution in [3.63, 3.8) is 0 Å². The molecule has 2 amide bonds. The summed E-state index contributed by atoms with van der Waals surface area (Å²) in [7, 11) is 0. The molecule has 4 nitrogen and oxygen atoms in total. The summed E-state index contributed by atoms with van der Waals surface area (Å²) in [6, 6.07) is 11.2. The lowest BCUT2D eigenvalue weighted by molar-refractivity contribution is -0.133. The van der Waals surface area contributed by atoms with Crippen LogP contribution in [0.3, 0.4) is 0 Å². The molecule has 0 spiro atoms. The highest BCUT2D eigenvalue weighted by atomic mass is 35.5. The number of carbonyl (C=O) groups is 2. The third-order valence-corrected chi connectivity index (χ3v) is 5.03. The van der Waals surface area contributed by atoms with Gasteiger partial charge in [0.05, 0.1) is 12.6 Å². The van der Waals surface area contributed by atoms with Gasteiger partial charge in [0.2, 0.25) is 11.8 Å². The van der Waals surface area contributed by atoms with Gasteiger partial charge in [0.1, 0.15) is 0 Å². The zero-order valence-electron chi connectivity index (χ0n) is 12.5. The standard InChI is InChI=1S/C17H17ClN2O2S/c18-13-7-5-12(6-8-13)17(14-3-2-10-23-14)19-15(21)11-20-9-1-4-16(20)22/h2-3,5-8,10,17H,1,4,9,11H2,(H,19,21). The molecule has 1 unspecified atom stereocenters. The summed E-state index contributed by atoms with van der Waals surface area (Å²) in [5.41, 5.74) is 0.970. The molecule has 1 atom stereocenters. The largest absolute Gasteiger partial charge is 0.343 e. The van der Waals surface area contributed by atoms with Crippen LogP contribution < -0.4 is 5.32 Å². The highest BCUT2D eigenvalue weighted by Gasteiger charge is 2.24. The number of rotatable bonds is 5. The average molecular weight is 349 g/mol. The second-order valence-electron chi connectivity index (χ2n) is 5.49. The number of thiophene rings is 1. The molecular weight excluding hydrogens is 332 g/mol. The Morgan fingerprint density at radius 2 is 2.09 bits per heavy atom. The molecule has 0 bridgehead atoms. The van der Waals surface area contributed by atoms with Crippen molar-refractivity contribution in [2.45, 2.75) is 18.9 Å². The fourth-order valence-corrected chi connectivity index (χ4v) is 3.61. The van der Waals surface area contributed by atoms with E-state index < -0.39 is 0 Å². The van der Waals surface area contributed by atoms with Gasteiger partial charge in [0.15, 0.2) is 0 Å². The SMILES string of the molecule is O=C(CN1CCCC1=O)NC(c1ccc(Cl)cc1)c1cccs1. The maximum absolute atomic E-state index is 12.4. The molecule has 0 aliphatic carbocycles. The van der Waals surface area contributed by atoms with E-state index >= 15 is 0 Å². The van der Waals surface area contributed by atoms with E-state index in [0.29, 0.717) is 18.0 Å². The van der Waals surface area contributed by atoms with Crippen LogP contribution in [0.25, 0.3) is 0 Å². The number of halogens is 1. The Kier molecular flexibility index (Phi) is 4.98. The summed E-state index contributed by atoms with van der Waals surface area (Å²) in [4.78, 5) is 26.7. The molecule has 2 heterocycles. The van der Waals surface area contributed by atoms with Gasteiger partial charge < -0.3 is 10.2 Å². The van der Waals surface area contributed by atoms with E-state index in [4.69, 9.17) is 11.6 Å². The minimum Gasteiger partial charge on any atom is -0.343 e. The summed E-state index contributed by atoms with van der Waals surface area (Å²) >= 11 is 7.53. The van der Waals surface area contributed by atoms with E-state index in [1.807, 2.05) is 41.8 Å². The maximum Gasteiger partial charge on any atom is 0.240 e. The van der Waals surface area contributed by atoms with Crippen LogP contribution in [0.2, 0.25) is 5.02 Å². The van der Waals surface area contributed by atoms with Gasteiger partial charge in [0.25, 0.3) is 0 Å². The van der Waals surface area contributed by atoms with Crippen molar-refractivity contribution >= 4 is 34.8 Å². The summed E-state index contributed by atoms with van der Waals surface area (Å²) in [6.07, 6.45) is 1.37. The predicted octanol–water partition coefficient (Wildman–Crippen LogP) is 3.23. The molecule has 2 aromatic rings. The zero-order valence-corrected chi connectivity index (χ0v) is 14.1. The van der Waals surface area contributed by atoms with Crippen LogP contribution in [0.15, 0.2) is 41.8 Å². The van der Waals surface area contributed by atoms with Crippen molar-refractivity contribution in [1.82, 2.24) is 10.2 Å². The van der Waals surface area contributed by atoms with Crippen LogP contribution in [0, 0.1) is 0 Å². The Morgan fingerprint density at radius 1 is 1.30 bits per heavy atom. The third kappa shape index (κ3) is 3.92. The minimum atomic E-state index is -0.225. The molecule has 1 aliphatic rings. The van der Waals surface area contributed by atoms with Gasteiger partial charge in [0, 0.05) is 22.9 Å². The lowest BCUT2D eigenvalue weighted by Gasteiger charge is -2.21. The van der Waals surface area contributed by atoms with Crippen LogP contribution in [-0.4, -0.2) is 29.8 Å². The fourth-order valence-electron chi connectivity index (χ4n) is 2.68. The topological polar surface area (TPSA) is 49.4 Å². The molecule has 6 heteroatoms. The number of benzene rings is 1. The molecule has 120 valence electrons. The van der Waals surface area contributed by atoms with Gasteiger partial charge in [-0.1, -0.05) is 29.8 Å². The number of carbonyl (C=O) groups excluding carboxylic acids is 2. The molecule has 1 aromatic carbocycles. The number of hydrogen-bond acceptors (Lipinski definition) is 3. The summed E-state index contributed by atoms with van der Waals surface area (Å²) < 4.78 is 0. The van der Waals surface area contributed by atoms with E-state index in [0.717, 1.165) is 16.9 Å².